The molecule has 0 N–H and O–H groups in total. The van der Waals surface area contributed by atoms with Gasteiger partial charge in [0.25, 0.3) is 0 Å². The fourth-order valence-electron chi connectivity index (χ4n) is 1.68. The van der Waals surface area contributed by atoms with E-state index in [-0.39, 0.29) is 5.82 Å². The van der Waals surface area contributed by atoms with Gasteiger partial charge in [0.2, 0.25) is 0 Å². The molecule has 0 fully saturated rings. The highest BCUT2D eigenvalue weighted by molar-refractivity contribution is 9.10. The lowest BCUT2D eigenvalue weighted by atomic mass is 10.1. The van der Waals surface area contributed by atoms with Crippen LogP contribution < -0.4 is 0 Å². The number of halogens is 3. The van der Waals surface area contributed by atoms with Gasteiger partial charge in [-0.2, -0.15) is 5.10 Å². The van der Waals surface area contributed by atoms with E-state index >= 15 is 0 Å². The molecule has 3 rings (SSSR count). The number of hydrogen-bond acceptors (Lipinski definition) is 2. The fraction of sp³-hybridized carbons (Fsp3) is 0. The van der Waals surface area contributed by atoms with Gasteiger partial charge in [0, 0.05) is 10.6 Å². The van der Waals surface area contributed by atoms with E-state index in [1.54, 1.807) is 28.9 Å². The molecule has 0 aliphatic heterocycles. The predicted octanol–water partition coefficient (Wildman–Crippen LogP) is 3.95. The third-order valence-electron chi connectivity index (χ3n) is 2.53. The van der Waals surface area contributed by atoms with Gasteiger partial charge in [-0.15, -0.1) is 0 Å². The second-order valence-electron chi connectivity index (χ2n) is 3.69. The Bertz CT molecular complexity index is 741. The average Bonchev–Trinajstić information content (AvgIpc) is 2.74. The Hall–Kier alpha value is -1.46. The van der Waals surface area contributed by atoms with Crippen LogP contribution in [0.5, 0.6) is 0 Å². The molecular weight excluding hydrogens is 321 g/mol. The van der Waals surface area contributed by atoms with Gasteiger partial charge in [0.15, 0.2) is 5.65 Å². The highest BCUT2D eigenvalue weighted by atomic mass is 79.9. The lowest BCUT2D eigenvalue weighted by Gasteiger charge is -2.04. The zero-order valence-electron chi connectivity index (χ0n) is 8.94. The van der Waals surface area contributed by atoms with Crippen molar-refractivity contribution in [3.05, 3.63) is 52.0 Å². The Morgan fingerprint density at radius 3 is 2.89 bits per heavy atom. The van der Waals surface area contributed by atoms with Gasteiger partial charge in [0.05, 0.1) is 11.9 Å². The van der Waals surface area contributed by atoms with Crippen LogP contribution in [0.25, 0.3) is 16.9 Å². The van der Waals surface area contributed by atoms with Crippen molar-refractivity contribution in [2.45, 2.75) is 0 Å². The number of hydrogen-bond donors (Lipinski definition) is 0. The van der Waals surface area contributed by atoms with Crippen molar-refractivity contribution >= 4 is 33.2 Å². The Balaban J connectivity index is 2.24. The van der Waals surface area contributed by atoms with E-state index < -0.39 is 0 Å². The molecule has 0 spiro atoms. The van der Waals surface area contributed by atoms with Crippen molar-refractivity contribution < 1.29 is 4.39 Å². The standard InChI is InChI=1S/C12H6BrClFN3/c13-11-6-16-12-4-3-10(17-18(11)12)8-5-7(14)1-2-9(8)15/h1-6H. The van der Waals surface area contributed by atoms with Crippen LogP contribution in [0.1, 0.15) is 0 Å². The summed E-state index contributed by atoms with van der Waals surface area (Å²) in [5.74, 6) is -0.359. The molecule has 0 atom stereocenters. The summed E-state index contributed by atoms with van der Waals surface area (Å²) in [6.45, 7) is 0. The normalized spacial score (nSPS) is 11.1. The number of nitrogens with zero attached hydrogens (tertiary/aromatic N) is 3. The SMILES string of the molecule is Fc1ccc(Cl)cc1-c1ccc2ncc(Br)n2n1. The van der Waals surface area contributed by atoms with Crippen LogP contribution >= 0.6 is 27.5 Å². The minimum atomic E-state index is -0.359. The number of fused-ring (bicyclic) bond motifs is 1. The predicted molar refractivity (Wildman–Crippen MR) is 71.1 cm³/mol. The largest absolute Gasteiger partial charge is 0.234 e. The van der Waals surface area contributed by atoms with Crippen molar-refractivity contribution in [1.82, 2.24) is 14.6 Å². The molecule has 0 saturated carbocycles. The van der Waals surface area contributed by atoms with E-state index in [0.717, 1.165) is 0 Å². The van der Waals surface area contributed by atoms with E-state index in [4.69, 9.17) is 11.6 Å². The van der Waals surface area contributed by atoms with Crippen LogP contribution in [0.3, 0.4) is 0 Å². The molecule has 0 aliphatic carbocycles. The van der Waals surface area contributed by atoms with Gasteiger partial charge in [-0.1, -0.05) is 11.6 Å². The van der Waals surface area contributed by atoms with E-state index in [1.165, 1.54) is 12.1 Å². The molecule has 0 radical (unpaired) electrons. The molecule has 0 amide bonds. The molecule has 3 nitrogen and oxygen atoms in total. The van der Waals surface area contributed by atoms with Crippen LogP contribution in [-0.2, 0) is 0 Å². The third-order valence-corrected chi connectivity index (χ3v) is 3.30. The summed E-state index contributed by atoms with van der Waals surface area (Å²) >= 11 is 9.20. The van der Waals surface area contributed by atoms with Gasteiger partial charge in [-0.3, -0.25) is 0 Å². The maximum Gasteiger partial charge on any atom is 0.154 e. The van der Waals surface area contributed by atoms with Crippen molar-refractivity contribution in [2.24, 2.45) is 0 Å². The summed E-state index contributed by atoms with van der Waals surface area (Å²) in [7, 11) is 0. The summed E-state index contributed by atoms with van der Waals surface area (Å²) in [6.07, 6.45) is 1.64. The van der Waals surface area contributed by atoms with Gasteiger partial charge in [-0.05, 0) is 46.3 Å². The Labute approximate surface area is 115 Å². The first kappa shape index (κ1) is 11.6. The second-order valence-corrected chi connectivity index (χ2v) is 4.94. The Morgan fingerprint density at radius 1 is 1.22 bits per heavy atom. The minimum Gasteiger partial charge on any atom is -0.234 e. The van der Waals surface area contributed by atoms with Crippen LogP contribution in [0.2, 0.25) is 5.02 Å². The van der Waals surface area contributed by atoms with E-state index in [0.29, 0.717) is 26.5 Å². The minimum absolute atomic E-state index is 0.359. The first-order chi connectivity index (χ1) is 8.65. The highest BCUT2D eigenvalue weighted by Crippen LogP contribution is 2.25. The fourth-order valence-corrected chi connectivity index (χ4v) is 2.22. The molecule has 2 aromatic heterocycles. The molecule has 2 heterocycles. The lowest BCUT2D eigenvalue weighted by Crippen LogP contribution is -1.96. The molecule has 1 aromatic carbocycles. The zero-order chi connectivity index (χ0) is 12.7. The van der Waals surface area contributed by atoms with Crippen LogP contribution in [-0.4, -0.2) is 14.6 Å². The van der Waals surface area contributed by atoms with E-state index in [1.807, 2.05) is 0 Å². The molecular formula is C12H6BrClFN3. The number of benzene rings is 1. The summed E-state index contributed by atoms with van der Waals surface area (Å²) in [5.41, 5.74) is 1.55. The molecule has 0 bridgehead atoms. The molecule has 0 aliphatic rings. The summed E-state index contributed by atoms with van der Waals surface area (Å²) in [6, 6.07) is 7.87. The molecule has 0 saturated heterocycles. The molecule has 90 valence electrons. The van der Waals surface area contributed by atoms with Crippen molar-refractivity contribution in [1.29, 1.82) is 0 Å². The molecule has 6 heteroatoms. The molecule has 0 unspecified atom stereocenters. The van der Waals surface area contributed by atoms with E-state index in [9.17, 15) is 4.39 Å². The average molecular weight is 327 g/mol. The van der Waals surface area contributed by atoms with Crippen LogP contribution in [0.4, 0.5) is 4.39 Å². The maximum absolute atomic E-state index is 13.7. The topological polar surface area (TPSA) is 30.2 Å². The Kier molecular flexibility index (Phi) is 2.80. The summed E-state index contributed by atoms with van der Waals surface area (Å²) in [5, 5.41) is 4.79. The Morgan fingerprint density at radius 2 is 2.06 bits per heavy atom. The van der Waals surface area contributed by atoms with Crippen molar-refractivity contribution in [2.75, 3.05) is 0 Å². The monoisotopic (exact) mass is 325 g/mol. The van der Waals surface area contributed by atoms with Gasteiger partial charge >= 0.3 is 0 Å². The maximum atomic E-state index is 13.7. The van der Waals surface area contributed by atoms with Crippen LogP contribution in [0.15, 0.2) is 41.1 Å². The van der Waals surface area contributed by atoms with Gasteiger partial charge < -0.3 is 0 Å². The molecule has 3 aromatic rings. The first-order valence-electron chi connectivity index (χ1n) is 5.11. The number of aromatic nitrogens is 3. The molecule has 18 heavy (non-hydrogen) atoms. The number of imidazole rings is 1. The highest BCUT2D eigenvalue weighted by Gasteiger charge is 2.09. The summed E-state index contributed by atoms with van der Waals surface area (Å²) < 4.78 is 16.0. The van der Waals surface area contributed by atoms with Gasteiger partial charge in [0.1, 0.15) is 10.4 Å². The third kappa shape index (κ3) is 1.89. The first-order valence-corrected chi connectivity index (χ1v) is 6.28. The smallest absolute Gasteiger partial charge is 0.154 e. The quantitative estimate of drug-likeness (QED) is 0.678. The van der Waals surface area contributed by atoms with Crippen molar-refractivity contribution in [3.63, 3.8) is 0 Å². The van der Waals surface area contributed by atoms with Crippen LogP contribution in [0, 0.1) is 5.82 Å². The zero-order valence-corrected chi connectivity index (χ0v) is 11.3. The second kappa shape index (κ2) is 4.33. The lowest BCUT2D eigenvalue weighted by molar-refractivity contribution is 0.630. The number of rotatable bonds is 1. The van der Waals surface area contributed by atoms with Crippen molar-refractivity contribution in [3.8, 4) is 11.3 Å². The van der Waals surface area contributed by atoms with E-state index in [2.05, 4.69) is 26.0 Å². The summed E-state index contributed by atoms with van der Waals surface area (Å²) in [4.78, 5) is 4.13. The van der Waals surface area contributed by atoms with Gasteiger partial charge in [-0.25, -0.2) is 13.9 Å².